The van der Waals surface area contributed by atoms with E-state index < -0.39 is 0 Å². The van der Waals surface area contributed by atoms with Gasteiger partial charge in [-0.05, 0) is 54.3 Å². The van der Waals surface area contributed by atoms with Gasteiger partial charge in [0.15, 0.2) is 0 Å². The Kier molecular flexibility index (Phi) is 3.99. The number of ether oxygens (including phenoxy) is 1. The van der Waals surface area contributed by atoms with Crippen molar-refractivity contribution >= 4 is 22.6 Å². The lowest BCUT2D eigenvalue weighted by Crippen LogP contribution is -2.12. The maximum Gasteiger partial charge on any atom is 0.132 e. The lowest BCUT2D eigenvalue weighted by molar-refractivity contribution is 0.410. The van der Waals surface area contributed by atoms with E-state index in [1.807, 2.05) is 7.05 Å². The number of benzene rings is 1. The Morgan fingerprint density at radius 2 is 2.15 bits per heavy atom. The topological polar surface area (TPSA) is 21.3 Å². The molecule has 0 radical (unpaired) electrons. The monoisotopic (exact) mass is 291 g/mol. The molecule has 0 amide bonds. The normalized spacial score (nSPS) is 12.6. The third kappa shape index (κ3) is 2.57. The number of hydrogen-bond acceptors (Lipinski definition) is 2. The first-order valence-electron chi connectivity index (χ1n) is 4.19. The molecule has 1 aromatic carbocycles. The number of nitrogens with one attached hydrogen (secondary N) is 1. The molecule has 0 unspecified atom stereocenters. The van der Waals surface area contributed by atoms with Crippen molar-refractivity contribution in [3.63, 3.8) is 0 Å². The van der Waals surface area contributed by atoms with Crippen molar-refractivity contribution in [1.82, 2.24) is 5.32 Å². The van der Waals surface area contributed by atoms with Crippen molar-refractivity contribution in [2.24, 2.45) is 0 Å². The number of hydrogen-bond donors (Lipinski definition) is 1. The zero-order valence-corrected chi connectivity index (χ0v) is 10.3. The molecule has 0 saturated heterocycles. The van der Waals surface area contributed by atoms with Crippen LogP contribution in [-0.2, 0) is 0 Å². The van der Waals surface area contributed by atoms with Crippen LogP contribution in [0.5, 0.6) is 5.75 Å². The van der Waals surface area contributed by atoms with Gasteiger partial charge in [-0.3, -0.25) is 0 Å². The van der Waals surface area contributed by atoms with E-state index in [4.69, 9.17) is 4.74 Å². The van der Waals surface area contributed by atoms with Crippen molar-refractivity contribution in [3.8, 4) is 5.75 Å². The molecule has 0 fully saturated rings. The predicted octanol–water partition coefficient (Wildman–Crippen LogP) is 2.58. The first kappa shape index (κ1) is 10.8. The summed E-state index contributed by atoms with van der Waals surface area (Å²) in [6, 6.07) is 6.63. The van der Waals surface area contributed by atoms with Gasteiger partial charge in [-0.1, -0.05) is 6.07 Å². The van der Waals surface area contributed by atoms with Crippen molar-refractivity contribution in [3.05, 3.63) is 27.3 Å². The summed E-state index contributed by atoms with van der Waals surface area (Å²) in [4.78, 5) is 0. The lowest BCUT2D eigenvalue weighted by Gasteiger charge is -2.12. The third-order valence-corrected chi connectivity index (χ3v) is 3.00. The summed E-state index contributed by atoms with van der Waals surface area (Å²) in [5, 5.41) is 3.19. The maximum absolute atomic E-state index is 5.25. The summed E-state index contributed by atoms with van der Waals surface area (Å²) in [7, 11) is 3.65. The van der Waals surface area contributed by atoms with Gasteiger partial charge in [0.1, 0.15) is 5.75 Å². The van der Waals surface area contributed by atoms with Crippen LogP contribution < -0.4 is 10.1 Å². The Hall–Kier alpha value is -0.290. The first-order chi connectivity index (χ1) is 6.19. The SMILES string of the molecule is CN[C@@H](C)c1ccc(I)c(OC)c1. The first-order valence-corrected chi connectivity index (χ1v) is 5.27. The van der Waals surface area contributed by atoms with Crippen LogP contribution in [0.1, 0.15) is 18.5 Å². The second-order valence-corrected chi connectivity index (χ2v) is 4.07. The van der Waals surface area contributed by atoms with E-state index in [2.05, 4.69) is 53.0 Å². The van der Waals surface area contributed by atoms with Crippen LogP contribution in [0.25, 0.3) is 0 Å². The molecule has 72 valence electrons. The molecule has 0 aliphatic rings. The van der Waals surface area contributed by atoms with Gasteiger partial charge >= 0.3 is 0 Å². The van der Waals surface area contributed by atoms with E-state index in [0.29, 0.717) is 6.04 Å². The van der Waals surface area contributed by atoms with Gasteiger partial charge in [0.05, 0.1) is 10.7 Å². The van der Waals surface area contributed by atoms with E-state index in [1.54, 1.807) is 7.11 Å². The molecule has 2 nitrogen and oxygen atoms in total. The summed E-state index contributed by atoms with van der Waals surface area (Å²) >= 11 is 2.27. The molecule has 0 spiro atoms. The Balaban J connectivity index is 2.99. The van der Waals surface area contributed by atoms with Gasteiger partial charge < -0.3 is 10.1 Å². The number of rotatable bonds is 3. The zero-order chi connectivity index (χ0) is 9.84. The van der Waals surface area contributed by atoms with Gasteiger partial charge in [0.25, 0.3) is 0 Å². The molecule has 0 bridgehead atoms. The summed E-state index contributed by atoms with van der Waals surface area (Å²) in [5.74, 6) is 0.945. The summed E-state index contributed by atoms with van der Waals surface area (Å²) in [6.45, 7) is 2.13. The fourth-order valence-corrected chi connectivity index (χ4v) is 1.67. The predicted molar refractivity (Wildman–Crippen MR) is 63.2 cm³/mol. The highest BCUT2D eigenvalue weighted by Gasteiger charge is 2.05. The van der Waals surface area contributed by atoms with Crippen LogP contribution in [0, 0.1) is 3.57 Å². The summed E-state index contributed by atoms with van der Waals surface area (Å²) < 4.78 is 6.39. The minimum atomic E-state index is 0.367. The van der Waals surface area contributed by atoms with Gasteiger partial charge in [-0.15, -0.1) is 0 Å². The largest absolute Gasteiger partial charge is 0.496 e. The van der Waals surface area contributed by atoms with Crippen molar-refractivity contribution in [2.45, 2.75) is 13.0 Å². The standard InChI is InChI=1S/C10H14INO/c1-7(12-2)8-4-5-9(11)10(6-8)13-3/h4-7,12H,1-3H3/t7-/m0/s1. The molecule has 1 N–H and O–H groups in total. The average Bonchev–Trinajstić information content (AvgIpc) is 2.17. The van der Waals surface area contributed by atoms with E-state index in [9.17, 15) is 0 Å². The molecular formula is C10H14INO. The minimum absolute atomic E-state index is 0.367. The second kappa shape index (κ2) is 4.81. The molecule has 1 atom stereocenters. The lowest BCUT2D eigenvalue weighted by atomic mass is 10.1. The molecule has 1 aromatic rings. The van der Waals surface area contributed by atoms with Crippen LogP contribution in [0.3, 0.4) is 0 Å². The number of halogens is 1. The molecule has 0 aliphatic heterocycles. The van der Waals surface area contributed by atoms with Crippen LogP contribution in [-0.4, -0.2) is 14.2 Å². The highest BCUT2D eigenvalue weighted by atomic mass is 127. The smallest absolute Gasteiger partial charge is 0.132 e. The molecule has 13 heavy (non-hydrogen) atoms. The van der Waals surface area contributed by atoms with Crippen molar-refractivity contribution < 1.29 is 4.74 Å². The molecule has 0 saturated carbocycles. The highest BCUT2D eigenvalue weighted by molar-refractivity contribution is 14.1. The van der Waals surface area contributed by atoms with Crippen molar-refractivity contribution in [1.29, 1.82) is 0 Å². The Morgan fingerprint density at radius 1 is 1.46 bits per heavy atom. The average molecular weight is 291 g/mol. The molecule has 0 aliphatic carbocycles. The molecule has 3 heteroatoms. The highest BCUT2D eigenvalue weighted by Crippen LogP contribution is 2.24. The fraction of sp³-hybridized carbons (Fsp3) is 0.400. The van der Waals surface area contributed by atoms with E-state index in [1.165, 1.54) is 5.56 Å². The summed E-state index contributed by atoms with van der Waals surface area (Å²) in [5.41, 5.74) is 1.25. The molecular weight excluding hydrogens is 277 g/mol. The van der Waals surface area contributed by atoms with Gasteiger partial charge in [-0.2, -0.15) is 0 Å². The van der Waals surface area contributed by atoms with Gasteiger partial charge in [-0.25, -0.2) is 0 Å². The van der Waals surface area contributed by atoms with Crippen LogP contribution in [0.4, 0.5) is 0 Å². The van der Waals surface area contributed by atoms with E-state index in [-0.39, 0.29) is 0 Å². The molecule has 1 rings (SSSR count). The van der Waals surface area contributed by atoms with E-state index >= 15 is 0 Å². The maximum atomic E-state index is 5.25. The molecule has 0 aromatic heterocycles. The Morgan fingerprint density at radius 3 is 2.69 bits per heavy atom. The van der Waals surface area contributed by atoms with Crippen LogP contribution in [0.15, 0.2) is 18.2 Å². The van der Waals surface area contributed by atoms with Crippen LogP contribution in [0.2, 0.25) is 0 Å². The quantitative estimate of drug-likeness (QED) is 0.864. The minimum Gasteiger partial charge on any atom is -0.496 e. The second-order valence-electron chi connectivity index (χ2n) is 2.90. The Labute approximate surface area is 92.8 Å². The third-order valence-electron chi connectivity index (χ3n) is 2.11. The number of methoxy groups -OCH3 is 1. The van der Waals surface area contributed by atoms with Gasteiger partial charge in [0, 0.05) is 6.04 Å². The van der Waals surface area contributed by atoms with Crippen LogP contribution >= 0.6 is 22.6 Å². The molecule has 0 heterocycles. The fourth-order valence-electron chi connectivity index (χ4n) is 1.11. The van der Waals surface area contributed by atoms with Crippen molar-refractivity contribution in [2.75, 3.05) is 14.2 Å². The summed E-state index contributed by atoms with van der Waals surface area (Å²) in [6.07, 6.45) is 0. The van der Waals surface area contributed by atoms with Gasteiger partial charge in [0.2, 0.25) is 0 Å². The zero-order valence-electron chi connectivity index (χ0n) is 8.10. The Bertz CT molecular complexity index is 288. The van der Waals surface area contributed by atoms with E-state index in [0.717, 1.165) is 9.32 Å².